The molecule has 2 heterocycles. The quantitative estimate of drug-likeness (QED) is 0.342. The lowest BCUT2D eigenvalue weighted by molar-refractivity contribution is -0.116. The van der Waals surface area contributed by atoms with Crippen molar-refractivity contribution in [2.75, 3.05) is 10.7 Å². The molecule has 6 nitrogen and oxygen atoms in total. The molecule has 0 radical (unpaired) electrons. The van der Waals surface area contributed by atoms with Crippen molar-refractivity contribution in [2.24, 2.45) is 0 Å². The number of thiazole rings is 1. The number of anilines is 1. The largest absolute Gasteiger partial charge is 0.281 e. The highest BCUT2D eigenvalue weighted by Crippen LogP contribution is 2.32. The van der Waals surface area contributed by atoms with Crippen LogP contribution in [0.5, 0.6) is 0 Å². The second-order valence-corrected chi connectivity index (χ2v) is 11.0. The van der Waals surface area contributed by atoms with Gasteiger partial charge in [0.15, 0.2) is 15.0 Å². The molecule has 31 heavy (non-hydrogen) atoms. The number of benzene rings is 2. The van der Waals surface area contributed by atoms with E-state index in [-0.39, 0.29) is 11.4 Å². The smallest absolute Gasteiger partial charge is 0.244 e. The zero-order valence-corrected chi connectivity index (χ0v) is 19.9. The lowest BCUT2D eigenvalue weighted by Gasteiger charge is -2.19. The number of fused-ring (bicyclic) bond motifs is 1. The first-order chi connectivity index (χ1) is 14.8. The van der Waals surface area contributed by atoms with Gasteiger partial charge in [0.2, 0.25) is 5.91 Å². The number of nitrogens with zero attached hydrogens (tertiary/aromatic N) is 3. The van der Waals surface area contributed by atoms with E-state index >= 15 is 0 Å². The summed E-state index contributed by atoms with van der Waals surface area (Å²) in [6.07, 6.45) is 1.62. The molecule has 1 amide bonds. The highest BCUT2D eigenvalue weighted by atomic mass is 79.9. The van der Waals surface area contributed by atoms with Crippen molar-refractivity contribution in [1.29, 1.82) is 0 Å². The number of hydrogen-bond donors (Lipinski definition) is 0. The van der Waals surface area contributed by atoms with Crippen LogP contribution in [0.3, 0.4) is 0 Å². The Labute approximate surface area is 196 Å². The van der Waals surface area contributed by atoms with Crippen LogP contribution in [-0.4, -0.2) is 30.0 Å². The van der Waals surface area contributed by atoms with Crippen LogP contribution in [0.15, 0.2) is 76.2 Å². The number of carbonyl (C=O) groups excluding carboxylic acids is 1. The molecule has 0 aliphatic rings. The van der Waals surface area contributed by atoms with E-state index < -0.39 is 21.5 Å². The third-order valence-electron chi connectivity index (χ3n) is 4.40. The summed E-state index contributed by atoms with van der Waals surface area (Å²) in [6.45, 7) is 0.108. The molecule has 0 spiro atoms. The highest BCUT2D eigenvalue weighted by Gasteiger charge is 2.27. The van der Waals surface area contributed by atoms with Crippen molar-refractivity contribution in [3.63, 3.8) is 0 Å². The number of halogens is 2. The molecular formula is C21H15BrClN3O3S2. The summed E-state index contributed by atoms with van der Waals surface area (Å²) >= 11 is 10.6. The number of rotatable bonds is 6. The van der Waals surface area contributed by atoms with Crippen LogP contribution in [0.1, 0.15) is 5.69 Å². The number of carbonyl (C=O) groups is 1. The van der Waals surface area contributed by atoms with Gasteiger partial charge in [-0.3, -0.25) is 14.7 Å². The Bertz CT molecular complexity index is 1340. The second kappa shape index (κ2) is 9.04. The fourth-order valence-corrected chi connectivity index (χ4v) is 5.74. The van der Waals surface area contributed by atoms with E-state index in [0.29, 0.717) is 15.8 Å². The lowest BCUT2D eigenvalue weighted by atomic mass is 10.3. The van der Waals surface area contributed by atoms with Gasteiger partial charge >= 0.3 is 0 Å². The molecule has 0 saturated carbocycles. The predicted molar refractivity (Wildman–Crippen MR) is 126 cm³/mol. The normalized spacial score (nSPS) is 11.5. The van der Waals surface area contributed by atoms with Crippen LogP contribution in [-0.2, 0) is 21.2 Å². The topological polar surface area (TPSA) is 80.2 Å². The van der Waals surface area contributed by atoms with Crippen molar-refractivity contribution < 1.29 is 13.2 Å². The Morgan fingerprint density at radius 3 is 2.58 bits per heavy atom. The fraction of sp³-hybridized carbons (Fsp3) is 0.0952. The molecule has 10 heteroatoms. The van der Waals surface area contributed by atoms with Gasteiger partial charge in [0, 0.05) is 15.7 Å². The summed E-state index contributed by atoms with van der Waals surface area (Å²) < 4.78 is 27.4. The average Bonchev–Trinajstić information content (AvgIpc) is 3.15. The molecule has 4 rings (SSSR count). The van der Waals surface area contributed by atoms with Crippen LogP contribution < -0.4 is 4.90 Å². The number of sulfone groups is 1. The van der Waals surface area contributed by atoms with Crippen LogP contribution in [0.4, 0.5) is 5.13 Å². The maximum atomic E-state index is 13.2. The molecule has 0 aliphatic heterocycles. The van der Waals surface area contributed by atoms with Crippen LogP contribution >= 0.6 is 38.9 Å². The molecule has 2 aromatic heterocycles. The first kappa shape index (κ1) is 21.9. The summed E-state index contributed by atoms with van der Waals surface area (Å²) in [6, 6.07) is 16.7. The predicted octanol–water partition coefficient (Wildman–Crippen LogP) is 5.11. The minimum absolute atomic E-state index is 0.0382. The van der Waals surface area contributed by atoms with E-state index in [1.807, 2.05) is 24.3 Å². The SMILES string of the molecule is O=C(CS(=O)(=O)c1ccc(Cl)cc1)N(Cc1ccccn1)c1nc2ccc(Br)cc2s1. The number of pyridine rings is 1. The molecule has 158 valence electrons. The van der Waals surface area contributed by atoms with Crippen molar-refractivity contribution in [2.45, 2.75) is 11.4 Å². The van der Waals surface area contributed by atoms with Gasteiger partial charge in [0.05, 0.1) is 27.4 Å². The van der Waals surface area contributed by atoms with Gasteiger partial charge in [-0.05, 0) is 54.6 Å². The molecule has 0 bridgehead atoms. The number of amides is 1. The van der Waals surface area contributed by atoms with Crippen LogP contribution in [0, 0.1) is 0 Å². The minimum atomic E-state index is -3.86. The summed E-state index contributed by atoms with van der Waals surface area (Å²) in [4.78, 5) is 23.4. The Morgan fingerprint density at radius 2 is 1.87 bits per heavy atom. The molecule has 2 aromatic carbocycles. The van der Waals surface area contributed by atoms with Gasteiger partial charge < -0.3 is 0 Å². The van der Waals surface area contributed by atoms with E-state index in [2.05, 4.69) is 25.9 Å². The molecule has 0 fully saturated rings. The summed E-state index contributed by atoms with van der Waals surface area (Å²) in [7, 11) is -3.86. The summed E-state index contributed by atoms with van der Waals surface area (Å²) in [5.41, 5.74) is 1.35. The van der Waals surface area contributed by atoms with Crippen molar-refractivity contribution in [3.8, 4) is 0 Å². The van der Waals surface area contributed by atoms with Gasteiger partial charge in [-0.2, -0.15) is 0 Å². The first-order valence-electron chi connectivity index (χ1n) is 9.06. The van der Waals surface area contributed by atoms with Gasteiger partial charge in [-0.25, -0.2) is 13.4 Å². The molecule has 0 N–H and O–H groups in total. The van der Waals surface area contributed by atoms with Crippen molar-refractivity contribution in [1.82, 2.24) is 9.97 Å². The fourth-order valence-electron chi connectivity index (χ4n) is 2.88. The maximum absolute atomic E-state index is 13.2. The molecule has 0 aliphatic carbocycles. The third-order valence-corrected chi connectivity index (χ3v) is 7.81. The van der Waals surface area contributed by atoms with E-state index in [0.717, 1.165) is 14.7 Å². The lowest BCUT2D eigenvalue weighted by Crippen LogP contribution is -2.35. The second-order valence-electron chi connectivity index (χ2n) is 6.62. The number of aromatic nitrogens is 2. The minimum Gasteiger partial charge on any atom is -0.281 e. The summed E-state index contributed by atoms with van der Waals surface area (Å²) in [5, 5.41) is 0.831. The van der Waals surface area contributed by atoms with E-state index in [1.165, 1.54) is 40.5 Å². The van der Waals surface area contributed by atoms with Crippen molar-refractivity contribution in [3.05, 3.63) is 82.0 Å². The Hall–Kier alpha value is -2.33. The number of hydrogen-bond acceptors (Lipinski definition) is 6. The molecule has 0 unspecified atom stereocenters. The molecular weight excluding hydrogens is 522 g/mol. The Kier molecular flexibility index (Phi) is 6.38. The van der Waals surface area contributed by atoms with Crippen LogP contribution in [0.2, 0.25) is 5.02 Å². The zero-order valence-electron chi connectivity index (χ0n) is 15.9. The highest BCUT2D eigenvalue weighted by molar-refractivity contribution is 9.10. The zero-order chi connectivity index (χ0) is 22.0. The standard InChI is InChI=1S/C21H15BrClN3O3S2/c22-14-4-9-18-19(11-14)30-21(25-18)26(12-16-3-1-2-10-24-16)20(27)13-31(28,29)17-7-5-15(23)6-8-17/h1-11H,12-13H2. The average molecular weight is 537 g/mol. The Balaban J connectivity index is 1.69. The summed E-state index contributed by atoms with van der Waals surface area (Å²) in [5.74, 6) is -1.28. The Morgan fingerprint density at radius 1 is 1.10 bits per heavy atom. The first-order valence-corrected chi connectivity index (χ1v) is 12.7. The van der Waals surface area contributed by atoms with Crippen molar-refractivity contribution >= 4 is 70.0 Å². The third kappa shape index (κ3) is 5.12. The van der Waals surface area contributed by atoms with Gasteiger partial charge in [-0.1, -0.05) is 44.9 Å². The van der Waals surface area contributed by atoms with Gasteiger partial charge in [0.1, 0.15) is 5.75 Å². The van der Waals surface area contributed by atoms with E-state index in [4.69, 9.17) is 11.6 Å². The molecule has 0 atom stereocenters. The molecule has 0 saturated heterocycles. The maximum Gasteiger partial charge on any atom is 0.244 e. The van der Waals surface area contributed by atoms with Gasteiger partial charge in [0.25, 0.3) is 0 Å². The van der Waals surface area contributed by atoms with E-state index in [1.54, 1.807) is 18.3 Å². The van der Waals surface area contributed by atoms with Crippen LogP contribution in [0.25, 0.3) is 10.2 Å². The van der Waals surface area contributed by atoms with Gasteiger partial charge in [-0.15, -0.1) is 0 Å². The van der Waals surface area contributed by atoms with E-state index in [9.17, 15) is 13.2 Å². The monoisotopic (exact) mass is 535 g/mol. The molecule has 4 aromatic rings.